The first-order valence-corrected chi connectivity index (χ1v) is 7.57. The molecule has 4 nitrogen and oxygen atoms in total. The number of nitrogens with zero attached hydrogens (tertiary/aromatic N) is 3. The summed E-state index contributed by atoms with van der Waals surface area (Å²) in [6.07, 6.45) is 0.771. The van der Waals surface area contributed by atoms with Gasteiger partial charge < -0.3 is 0 Å². The van der Waals surface area contributed by atoms with Crippen molar-refractivity contribution in [2.75, 3.05) is 33.2 Å². The number of hydrogen-bond donors (Lipinski definition) is 1. The Bertz CT molecular complexity index is 547. The minimum atomic E-state index is 0.572. The Labute approximate surface area is 129 Å². The van der Waals surface area contributed by atoms with E-state index in [4.69, 9.17) is 28.9 Å². The van der Waals surface area contributed by atoms with Gasteiger partial charge in [0, 0.05) is 23.7 Å². The number of quaternary nitrogens is 1. The summed E-state index contributed by atoms with van der Waals surface area (Å²) in [5.41, 5.74) is 1.19. The van der Waals surface area contributed by atoms with Crippen LogP contribution in [0.1, 0.15) is 5.56 Å². The van der Waals surface area contributed by atoms with Crippen LogP contribution in [0.4, 0.5) is 0 Å². The van der Waals surface area contributed by atoms with Crippen molar-refractivity contribution in [3.63, 3.8) is 0 Å². The summed E-state index contributed by atoms with van der Waals surface area (Å²) in [5, 5.41) is 9.74. The fraction of sp³-hybridized carbons (Fsp3) is 0.429. The van der Waals surface area contributed by atoms with Crippen LogP contribution in [0.2, 0.25) is 5.02 Å². The molecule has 1 fully saturated rings. The molecule has 2 aliphatic heterocycles. The van der Waals surface area contributed by atoms with E-state index in [1.54, 1.807) is 0 Å². The molecule has 0 unspecified atom stereocenters. The van der Waals surface area contributed by atoms with Crippen molar-refractivity contribution in [3.05, 3.63) is 34.9 Å². The lowest BCUT2D eigenvalue weighted by Crippen LogP contribution is -2.58. The van der Waals surface area contributed by atoms with Gasteiger partial charge in [0.1, 0.15) is 13.1 Å². The predicted octanol–water partition coefficient (Wildman–Crippen LogP) is 1.85. The van der Waals surface area contributed by atoms with Crippen LogP contribution < -0.4 is 5.32 Å². The number of amidine groups is 1. The molecule has 0 bridgehead atoms. The highest BCUT2D eigenvalue weighted by Crippen LogP contribution is 2.20. The van der Waals surface area contributed by atoms with Crippen molar-refractivity contribution in [2.45, 2.75) is 6.42 Å². The number of halogens is 1. The SMILES string of the molecule is CN1CC[N+]2(CC1)N=C(Cc1ccc(Cl)cc1)NC2=S. The van der Waals surface area contributed by atoms with Gasteiger partial charge in [-0.25, -0.2) is 0 Å². The van der Waals surface area contributed by atoms with E-state index in [0.29, 0.717) is 4.59 Å². The molecule has 0 amide bonds. The molecule has 1 aromatic carbocycles. The number of hydrogen-bond acceptors (Lipinski definition) is 3. The Morgan fingerprint density at radius 2 is 1.95 bits per heavy atom. The second kappa shape index (κ2) is 5.41. The van der Waals surface area contributed by atoms with Crippen molar-refractivity contribution >= 4 is 34.8 Å². The van der Waals surface area contributed by atoms with Gasteiger partial charge in [-0.1, -0.05) is 28.8 Å². The molecular formula is C14H18ClN4S+. The third-order valence-electron chi connectivity index (χ3n) is 3.93. The van der Waals surface area contributed by atoms with Crippen LogP contribution in [0.5, 0.6) is 0 Å². The van der Waals surface area contributed by atoms with Gasteiger partial charge in [0.2, 0.25) is 0 Å². The van der Waals surface area contributed by atoms with Gasteiger partial charge in [0.05, 0.1) is 13.1 Å². The van der Waals surface area contributed by atoms with Crippen LogP contribution in [-0.2, 0) is 6.42 Å². The zero-order chi connectivity index (χ0) is 14.2. The Hall–Kier alpha value is -1.01. The summed E-state index contributed by atoms with van der Waals surface area (Å²) in [7, 11) is 2.14. The molecule has 1 aromatic rings. The molecule has 3 rings (SSSR count). The Balaban J connectivity index is 1.75. The van der Waals surface area contributed by atoms with Crippen LogP contribution in [0, 0.1) is 0 Å². The minimum absolute atomic E-state index is 0.572. The summed E-state index contributed by atoms with van der Waals surface area (Å²) >= 11 is 11.4. The summed E-state index contributed by atoms with van der Waals surface area (Å²) < 4.78 is 0.572. The predicted molar refractivity (Wildman–Crippen MR) is 85.8 cm³/mol. The van der Waals surface area contributed by atoms with Crippen molar-refractivity contribution in [1.82, 2.24) is 10.2 Å². The van der Waals surface area contributed by atoms with Crippen LogP contribution in [0.3, 0.4) is 0 Å². The quantitative estimate of drug-likeness (QED) is 0.667. The van der Waals surface area contributed by atoms with E-state index >= 15 is 0 Å². The summed E-state index contributed by atoms with van der Waals surface area (Å²) in [6.45, 7) is 3.96. The Kier molecular flexibility index (Phi) is 3.77. The van der Waals surface area contributed by atoms with Crippen molar-refractivity contribution < 1.29 is 4.59 Å². The van der Waals surface area contributed by atoms with Crippen molar-refractivity contribution in [3.8, 4) is 0 Å². The van der Waals surface area contributed by atoms with Gasteiger partial charge in [-0.3, -0.25) is 10.2 Å². The molecular weight excluding hydrogens is 292 g/mol. The summed E-state index contributed by atoms with van der Waals surface area (Å²) in [6, 6.07) is 7.88. The molecule has 0 atom stereocenters. The second-order valence-corrected chi connectivity index (χ2v) is 6.28. The Morgan fingerprint density at radius 1 is 1.30 bits per heavy atom. The van der Waals surface area contributed by atoms with E-state index in [1.807, 2.05) is 24.3 Å². The molecule has 1 N–H and O–H groups in total. The largest absolute Gasteiger partial charge is 0.302 e. The number of likely N-dealkylation sites (N-methyl/N-ethyl adjacent to an activating group) is 1. The number of benzene rings is 1. The van der Waals surface area contributed by atoms with E-state index < -0.39 is 0 Å². The Morgan fingerprint density at radius 3 is 2.60 bits per heavy atom. The van der Waals surface area contributed by atoms with Gasteiger partial charge in [0.25, 0.3) is 0 Å². The second-order valence-electron chi connectivity index (χ2n) is 5.45. The zero-order valence-electron chi connectivity index (χ0n) is 11.5. The molecule has 2 heterocycles. The van der Waals surface area contributed by atoms with E-state index in [2.05, 4.69) is 17.3 Å². The van der Waals surface area contributed by atoms with Crippen molar-refractivity contribution in [2.24, 2.45) is 5.10 Å². The monoisotopic (exact) mass is 309 g/mol. The van der Waals surface area contributed by atoms with Gasteiger partial charge >= 0.3 is 5.11 Å². The van der Waals surface area contributed by atoms with E-state index in [9.17, 15) is 0 Å². The maximum absolute atomic E-state index is 5.91. The smallest absolute Gasteiger partial charge is 0.295 e. The highest BCUT2D eigenvalue weighted by atomic mass is 35.5. The molecule has 0 aliphatic carbocycles. The molecule has 0 radical (unpaired) electrons. The minimum Gasteiger partial charge on any atom is -0.295 e. The highest BCUT2D eigenvalue weighted by Gasteiger charge is 2.42. The number of rotatable bonds is 2. The molecule has 0 saturated carbocycles. The van der Waals surface area contributed by atoms with Crippen LogP contribution in [-0.4, -0.2) is 53.7 Å². The molecule has 0 aromatic heterocycles. The van der Waals surface area contributed by atoms with Gasteiger partial charge in [0.15, 0.2) is 5.84 Å². The molecule has 2 aliphatic rings. The number of nitrogens with one attached hydrogen (secondary N) is 1. The fourth-order valence-electron chi connectivity index (χ4n) is 2.60. The maximum Gasteiger partial charge on any atom is 0.302 e. The highest BCUT2D eigenvalue weighted by molar-refractivity contribution is 7.80. The topological polar surface area (TPSA) is 27.6 Å². The third-order valence-corrected chi connectivity index (χ3v) is 4.62. The normalized spacial score (nSPS) is 21.9. The third kappa shape index (κ3) is 2.72. The first kappa shape index (κ1) is 13.9. The lowest BCUT2D eigenvalue weighted by molar-refractivity contribution is -0.849. The van der Waals surface area contributed by atoms with E-state index in [-0.39, 0.29) is 0 Å². The lowest BCUT2D eigenvalue weighted by Gasteiger charge is -2.34. The average Bonchev–Trinajstić information content (AvgIpc) is 2.72. The first-order chi connectivity index (χ1) is 9.57. The molecule has 106 valence electrons. The molecule has 1 spiro atoms. The van der Waals surface area contributed by atoms with Gasteiger partial charge in [-0.2, -0.15) is 0 Å². The first-order valence-electron chi connectivity index (χ1n) is 6.78. The lowest BCUT2D eigenvalue weighted by atomic mass is 10.1. The number of thiocarbonyl (C=S) groups is 1. The summed E-state index contributed by atoms with van der Waals surface area (Å²) in [5.74, 6) is 0.960. The van der Waals surface area contributed by atoms with Gasteiger partial charge in [-0.15, -0.1) is 4.59 Å². The van der Waals surface area contributed by atoms with Crippen LogP contribution >= 0.6 is 23.8 Å². The van der Waals surface area contributed by atoms with Crippen molar-refractivity contribution in [1.29, 1.82) is 0 Å². The maximum atomic E-state index is 5.91. The van der Waals surface area contributed by atoms with Crippen LogP contribution in [0.15, 0.2) is 29.4 Å². The van der Waals surface area contributed by atoms with Crippen LogP contribution in [0.25, 0.3) is 0 Å². The average molecular weight is 310 g/mol. The standard InChI is InChI=1S/C14H17ClN4S/c1-18-6-8-19(9-7-18)14(20)16-13(17-19)10-11-2-4-12(15)5-3-11/h2-5H,6-10H2,1H3/p+1. The molecule has 1 saturated heterocycles. The van der Waals surface area contributed by atoms with E-state index in [0.717, 1.165) is 48.6 Å². The summed E-state index contributed by atoms with van der Waals surface area (Å²) in [4.78, 5) is 2.32. The zero-order valence-corrected chi connectivity index (χ0v) is 13.0. The number of piperazine rings is 1. The molecule has 20 heavy (non-hydrogen) atoms. The van der Waals surface area contributed by atoms with Gasteiger partial charge in [-0.05, 0) is 24.7 Å². The van der Waals surface area contributed by atoms with E-state index in [1.165, 1.54) is 5.56 Å². The molecule has 6 heteroatoms. The fourth-order valence-corrected chi connectivity index (χ4v) is 3.07.